The molecule has 0 aromatic heterocycles. The maximum atomic E-state index is 11.1. The Labute approximate surface area is 389 Å². The maximum Gasteiger partial charge on any atom is 0.119 e. The van der Waals surface area contributed by atoms with Crippen molar-refractivity contribution >= 4 is 0 Å². The number of aromatic hydroxyl groups is 2. The number of phenolic OH excluding ortho intramolecular Hbond substituents is 2. The normalized spacial score (nSPS) is 11.2. The van der Waals surface area contributed by atoms with E-state index < -0.39 is 0 Å². The molecule has 64 heavy (non-hydrogen) atoms. The monoisotopic (exact) mass is 857 g/mol. The van der Waals surface area contributed by atoms with Gasteiger partial charge in [0.1, 0.15) is 11.5 Å². The van der Waals surface area contributed by atoms with Crippen LogP contribution in [-0.2, 0) is 51.4 Å². The molecular formula is C62H80O2. The molecule has 2 N–H and O–H groups in total. The summed E-state index contributed by atoms with van der Waals surface area (Å²) in [6.07, 6.45) is 17.7. The van der Waals surface area contributed by atoms with Gasteiger partial charge in [0.25, 0.3) is 0 Å². The van der Waals surface area contributed by atoms with Gasteiger partial charge >= 0.3 is 0 Å². The Morgan fingerprint density at radius 3 is 1.03 bits per heavy atom. The highest BCUT2D eigenvalue weighted by atomic mass is 16.3. The molecule has 0 bridgehead atoms. The van der Waals surface area contributed by atoms with Crippen LogP contribution in [0.1, 0.15) is 179 Å². The highest BCUT2D eigenvalue weighted by Crippen LogP contribution is 2.33. The van der Waals surface area contributed by atoms with Crippen LogP contribution in [0, 0.1) is 41.5 Å². The Balaban J connectivity index is 0.000000253. The first kappa shape index (κ1) is 49.9. The maximum absolute atomic E-state index is 11.1. The summed E-state index contributed by atoms with van der Waals surface area (Å²) in [5.41, 5.74) is 24.2. The van der Waals surface area contributed by atoms with E-state index in [1.165, 1.54) is 141 Å². The predicted octanol–water partition coefficient (Wildman–Crippen LogP) is 16.4. The fourth-order valence-corrected chi connectivity index (χ4v) is 9.44. The molecule has 0 aliphatic carbocycles. The number of aryl methyl sites for hydroxylation is 4. The first-order chi connectivity index (χ1) is 30.9. The molecular weight excluding hydrogens is 777 g/mol. The van der Waals surface area contributed by atoms with Crippen LogP contribution in [0.5, 0.6) is 11.5 Å². The van der Waals surface area contributed by atoms with Crippen LogP contribution in [0.3, 0.4) is 0 Å². The Bertz CT molecular complexity index is 2430. The summed E-state index contributed by atoms with van der Waals surface area (Å²) in [4.78, 5) is 0. The third-order valence-corrected chi connectivity index (χ3v) is 14.2. The molecule has 0 spiro atoms. The highest BCUT2D eigenvalue weighted by molar-refractivity contribution is 5.51. The van der Waals surface area contributed by atoms with Gasteiger partial charge in [-0.15, -0.1) is 0 Å². The largest absolute Gasteiger partial charge is 0.508 e. The van der Waals surface area contributed by atoms with Crippen molar-refractivity contribution in [1.29, 1.82) is 0 Å². The molecule has 2 heteroatoms. The number of rotatable bonds is 20. The van der Waals surface area contributed by atoms with Crippen molar-refractivity contribution in [2.24, 2.45) is 0 Å². The van der Waals surface area contributed by atoms with Crippen molar-refractivity contribution < 1.29 is 10.2 Å². The van der Waals surface area contributed by atoms with E-state index in [1.807, 2.05) is 24.3 Å². The van der Waals surface area contributed by atoms with Crippen LogP contribution in [0.2, 0.25) is 0 Å². The van der Waals surface area contributed by atoms with Crippen LogP contribution in [0.4, 0.5) is 0 Å². The van der Waals surface area contributed by atoms with E-state index in [0.29, 0.717) is 11.5 Å². The highest BCUT2D eigenvalue weighted by Gasteiger charge is 2.17. The minimum absolute atomic E-state index is 0.395. The van der Waals surface area contributed by atoms with Gasteiger partial charge in [-0.2, -0.15) is 0 Å². The first-order valence-electron chi connectivity index (χ1n) is 24.8. The van der Waals surface area contributed by atoms with Crippen molar-refractivity contribution in [1.82, 2.24) is 0 Å². The van der Waals surface area contributed by atoms with Gasteiger partial charge in [0, 0.05) is 24.0 Å². The molecule has 0 radical (unpaired) electrons. The molecule has 340 valence electrons. The lowest BCUT2D eigenvalue weighted by Crippen LogP contribution is -2.06. The Kier molecular flexibility index (Phi) is 19.4. The summed E-state index contributed by atoms with van der Waals surface area (Å²) in [6, 6.07) is 34.7. The lowest BCUT2D eigenvalue weighted by atomic mass is 9.86. The molecule has 0 amide bonds. The summed E-state index contributed by atoms with van der Waals surface area (Å²) in [6.45, 7) is 22.2. The second-order valence-electron chi connectivity index (χ2n) is 18.6. The van der Waals surface area contributed by atoms with E-state index in [4.69, 9.17) is 0 Å². The van der Waals surface area contributed by atoms with Crippen LogP contribution in [-0.4, -0.2) is 10.2 Å². The standard InChI is InChI=1S/C36H50O.C26H30O/c1-5-9-16-28-18-13-20-30(33(28)23-11-7-3)26-31-22-15-25-36(37)35(31)27-32-21-14-19-29(17-10-6-2)34(32)24-12-8-4;1-16-10-12-22(20(5)18(16)3)14-24-8-7-9-26(27)25(24)15-23-13-11-17(2)19(4)21(23)6/h13-15,18-22,25,37H,5-12,16-17,23-24,26-27H2,1-4H3;7-13,27H,14-15H2,1-6H3. The van der Waals surface area contributed by atoms with Crippen LogP contribution in [0.25, 0.3) is 0 Å². The molecule has 6 aromatic carbocycles. The molecule has 6 aromatic rings. The lowest BCUT2D eigenvalue weighted by molar-refractivity contribution is 0.468. The molecule has 0 aliphatic rings. The minimum Gasteiger partial charge on any atom is -0.508 e. The van der Waals surface area contributed by atoms with Gasteiger partial charge in [-0.1, -0.05) is 138 Å². The van der Waals surface area contributed by atoms with Crippen LogP contribution >= 0.6 is 0 Å². The van der Waals surface area contributed by atoms with E-state index in [1.54, 1.807) is 5.56 Å². The summed E-state index contributed by atoms with van der Waals surface area (Å²) in [5, 5.41) is 21.7. The molecule has 0 fully saturated rings. The summed E-state index contributed by atoms with van der Waals surface area (Å²) < 4.78 is 0. The number of phenols is 2. The summed E-state index contributed by atoms with van der Waals surface area (Å²) in [7, 11) is 0. The van der Waals surface area contributed by atoms with Crippen LogP contribution < -0.4 is 0 Å². The van der Waals surface area contributed by atoms with E-state index in [-0.39, 0.29) is 0 Å². The molecule has 0 unspecified atom stereocenters. The van der Waals surface area contributed by atoms with Crippen molar-refractivity contribution in [2.45, 2.75) is 172 Å². The molecule has 0 saturated carbocycles. The summed E-state index contributed by atoms with van der Waals surface area (Å²) in [5.74, 6) is 0.835. The quantitative estimate of drug-likeness (QED) is 0.0803. The minimum atomic E-state index is 0.395. The number of hydrogen-bond acceptors (Lipinski definition) is 2. The molecule has 6 rings (SSSR count). The Hall–Kier alpha value is -5.08. The van der Waals surface area contributed by atoms with Gasteiger partial charge in [0.2, 0.25) is 0 Å². The fraction of sp³-hybridized carbons (Fsp3) is 0.419. The van der Waals surface area contributed by atoms with Gasteiger partial charge in [0.15, 0.2) is 0 Å². The number of benzene rings is 6. The zero-order valence-corrected chi connectivity index (χ0v) is 41.4. The van der Waals surface area contributed by atoms with Gasteiger partial charge in [-0.25, -0.2) is 0 Å². The average molecular weight is 857 g/mol. The van der Waals surface area contributed by atoms with Crippen molar-refractivity contribution in [3.05, 3.63) is 197 Å². The number of unbranched alkanes of at least 4 members (excludes halogenated alkanes) is 4. The van der Waals surface area contributed by atoms with Crippen molar-refractivity contribution in [3.63, 3.8) is 0 Å². The van der Waals surface area contributed by atoms with E-state index >= 15 is 0 Å². The number of hydrogen-bond donors (Lipinski definition) is 2. The first-order valence-corrected chi connectivity index (χ1v) is 24.8. The Morgan fingerprint density at radius 1 is 0.297 bits per heavy atom. The second-order valence-corrected chi connectivity index (χ2v) is 18.6. The molecule has 0 heterocycles. The van der Waals surface area contributed by atoms with Crippen molar-refractivity contribution in [2.75, 3.05) is 0 Å². The molecule has 2 nitrogen and oxygen atoms in total. The van der Waals surface area contributed by atoms with Gasteiger partial charge in [0.05, 0.1) is 0 Å². The fourth-order valence-electron chi connectivity index (χ4n) is 9.44. The topological polar surface area (TPSA) is 40.5 Å². The predicted molar refractivity (Wildman–Crippen MR) is 276 cm³/mol. The van der Waals surface area contributed by atoms with Crippen molar-refractivity contribution in [3.8, 4) is 11.5 Å². The SMILES string of the molecule is CCCCc1cccc(Cc2cccc(O)c2Cc2cccc(CCCC)c2CCCC)c1CCCC.Cc1ccc(Cc2cccc(O)c2Cc2ccc(C)c(C)c2C)c(C)c1C. The Morgan fingerprint density at radius 2 is 0.609 bits per heavy atom. The molecule has 0 aliphatic heterocycles. The summed E-state index contributed by atoms with van der Waals surface area (Å²) >= 11 is 0. The van der Waals surface area contributed by atoms with E-state index in [2.05, 4.69) is 142 Å². The zero-order valence-electron chi connectivity index (χ0n) is 41.4. The van der Waals surface area contributed by atoms with E-state index in [9.17, 15) is 10.2 Å². The third kappa shape index (κ3) is 13.0. The van der Waals surface area contributed by atoms with Gasteiger partial charge < -0.3 is 10.2 Å². The lowest BCUT2D eigenvalue weighted by Gasteiger charge is -2.19. The van der Waals surface area contributed by atoms with E-state index in [0.717, 1.165) is 56.1 Å². The third-order valence-electron chi connectivity index (χ3n) is 14.2. The second kappa shape index (κ2) is 24.8. The van der Waals surface area contributed by atoms with Crippen LogP contribution in [0.15, 0.2) is 97.1 Å². The van der Waals surface area contributed by atoms with Gasteiger partial charge in [-0.05, 0) is 207 Å². The average Bonchev–Trinajstić information content (AvgIpc) is 3.29. The van der Waals surface area contributed by atoms with Gasteiger partial charge in [-0.3, -0.25) is 0 Å². The smallest absolute Gasteiger partial charge is 0.119 e. The molecule has 0 atom stereocenters. The zero-order chi connectivity index (χ0) is 46.2. The molecule has 0 saturated heterocycles.